The molecule has 9 heteroatoms. The monoisotopic (exact) mass is 497 g/mol. The van der Waals surface area contributed by atoms with Gasteiger partial charge in [-0.1, -0.05) is 0 Å². The van der Waals surface area contributed by atoms with E-state index >= 15 is 0 Å². The number of aromatic nitrogens is 6. The minimum absolute atomic E-state index is 0.736. The first kappa shape index (κ1) is 24.3. The maximum absolute atomic E-state index is 5.56. The topological polar surface area (TPSA) is 83.1 Å². The van der Waals surface area contributed by atoms with Crippen molar-refractivity contribution in [1.29, 1.82) is 0 Å². The van der Waals surface area contributed by atoms with Crippen molar-refractivity contribution in [2.24, 2.45) is 7.05 Å². The first-order chi connectivity index (χ1) is 17.9. The summed E-state index contributed by atoms with van der Waals surface area (Å²) in [6.45, 7) is 5.70. The van der Waals surface area contributed by atoms with Crippen LogP contribution in [0.4, 0.5) is 11.4 Å². The second kappa shape index (κ2) is 10.3. The number of methoxy groups -OCH3 is 2. The van der Waals surface area contributed by atoms with Gasteiger partial charge >= 0.3 is 0 Å². The van der Waals surface area contributed by atoms with Crippen LogP contribution in [0.5, 0.6) is 11.5 Å². The zero-order chi connectivity index (χ0) is 25.9. The van der Waals surface area contributed by atoms with Crippen molar-refractivity contribution >= 4 is 22.4 Å². The lowest BCUT2D eigenvalue weighted by Crippen LogP contribution is -2.20. The summed E-state index contributed by atoms with van der Waals surface area (Å²) in [6.07, 6.45) is 8.54. The van der Waals surface area contributed by atoms with Gasteiger partial charge in [-0.15, -0.1) is 0 Å². The Kier molecular flexibility index (Phi) is 6.76. The van der Waals surface area contributed by atoms with Crippen LogP contribution < -0.4 is 14.4 Å². The molecule has 0 radical (unpaired) electrons. The highest BCUT2D eigenvalue weighted by molar-refractivity contribution is 5.82. The lowest BCUT2D eigenvalue weighted by molar-refractivity contribution is 0.394. The standard InChI is InChI=1S/C28H31N7O2/c1-19-17-34(20(2)31-19)9-6-10-35(23-11-24(36-4)14-25(12-23)37-5)22-7-8-26-27(13-22)32-28(16-29-26)21-15-30-33(3)18-21/h7-8,11-18H,6,9-10H2,1-5H3. The van der Waals surface area contributed by atoms with Crippen molar-refractivity contribution in [2.75, 3.05) is 25.7 Å². The number of anilines is 2. The smallest absolute Gasteiger partial charge is 0.124 e. The van der Waals surface area contributed by atoms with Crippen LogP contribution in [0, 0.1) is 13.8 Å². The van der Waals surface area contributed by atoms with Gasteiger partial charge in [0.1, 0.15) is 17.3 Å². The molecule has 0 spiro atoms. The van der Waals surface area contributed by atoms with Crippen LogP contribution in [-0.2, 0) is 13.6 Å². The highest BCUT2D eigenvalue weighted by atomic mass is 16.5. The molecule has 0 aliphatic rings. The van der Waals surface area contributed by atoms with Crippen molar-refractivity contribution in [3.63, 3.8) is 0 Å². The zero-order valence-electron chi connectivity index (χ0n) is 21.8. The maximum Gasteiger partial charge on any atom is 0.124 e. The second-order valence-corrected chi connectivity index (χ2v) is 9.03. The van der Waals surface area contributed by atoms with Gasteiger partial charge in [0.25, 0.3) is 0 Å². The highest BCUT2D eigenvalue weighted by Crippen LogP contribution is 2.34. The molecule has 0 amide bonds. The molecule has 0 fully saturated rings. The number of hydrogen-bond acceptors (Lipinski definition) is 7. The van der Waals surface area contributed by atoms with Crippen LogP contribution in [0.25, 0.3) is 22.3 Å². The van der Waals surface area contributed by atoms with E-state index in [1.807, 2.05) is 51.4 Å². The fraction of sp³-hybridized carbons (Fsp3) is 0.286. The molecule has 0 aliphatic heterocycles. The Morgan fingerprint density at radius 1 is 0.865 bits per heavy atom. The molecule has 5 aromatic rings. The zero-order valence-corrected chi connectivity index (χ0v) is 21.8. The van der Waals surface area contributed by atoms with Gasteiger partial charge in [-0.2, -0.15) is 5.10 Å². The number of rotatable bonds is 9. The Morgan fingerprint density at radius 2 is 1.65 bits per heavy atom. The number of ether oxygens (including phenoxy) is 2. The molecule has 5 rings (SSSR count). The maximum atomic E-state index is 5.56. The summed E-state index contributed by atoms with van der Waals surface area (Å²) in [5.41, 5.74) is 6.40. The van der Waals surface area contributed by atoms with Crippen LogP contribution in [0.2, 0.25) is 0 Å². The van der Waals surface area contributed by atoms with E-state index < -0.39 is 0 Å². The Balaban J connectivity index is 1.52. The third-order valence-electron chi connectivity index (χ3n) is 6.36. The summed E-state index contributed by atoms with van der Waals surface area (Å²) >= 11 is 0. The molecule has 0 unspecified atom stereocenters. The van der Waals surface area contributed by atoms with Crippen molar-refractivity contribution < 1.29 is 9.47 Å². The van der Waals surface area contributed by atoms with Gasteiger partial charge in [0, 0.05) is 67.7 Å². The normalized spacial score (nSPS) is 11.2. The van der Waals surface area contributed by atoms with Gasteiger partial charge in [-0.05, 0) is 38.5 Å². The average molecular weight is 498 g/mol. The predicted molar refractivity (Wildman–Crippen MR) is 145 cm³/mol. The molecule has 0 saturated carbocycles. The average Bonchev–Trinajstić information content (AvgIpc) is 3.49. The fourth-order valence-corrected chi connectivity index (χ4v) is 4.51. The molecular formula is C28H31N7O2. The number of nitrogens with zero attached hydrogens (tertiary/aromatic N) is 7. The fourth-order valence-electron chi connectivity index (χ4n) is 4.51. The summed E-state index contributed by atoms with van der Waals surface area (Å²) in [6, 6.07) is 12.1. The highest BCUT2D eigenvalue weighted by Gasteiger charge is 2.15. The number of benzene rings is 2. The van der Waals surface area contributed by atoms with Crippen LogP contribution in [-0.4, -0.2) is 50.1 Å². The number of aryl methyl sites for hydroxylation is 4. The molecule has 9 nitrogen and oxygen atoms in total. The van der Waals surface area contributed by atoms with Gasteiger partial charge in [0.05, 0.1) is 49.0 Å². The Hall–Kier alpha value is -4.40. The summed E-state index contributed by atoms with van der Waals surface area (Å²) in [4.78, 5) is 16.3. The van der Waals surface area contributed by atoms with E-state index in [1.54, 1.807) is 31.3 Å². The molecular weight excluding hydrogens is 466 g/mol. The molecule has 3 aromatic heterocycles. The van der Waals surface area contributed by atoms with Crippen molar-refractivity contribution in [1.82, 2.24) is 29.3 Å². The summed E-state index contributed by atoms with van der Waals surface area (Å²) in [5.74, 6) is 2.50. The largest absolute Gasteiger partial charge is 0.497 e. The minimum Gasteiger partial charge on any atom is -0.497 e. The molecule has 0 bridgehead atoms. The van der Waals surface area contributed by atoms with Crippen molar-refractivity contribution in [2.45, 2.75) is 26.8 Å². The molecule has 0 N–H and O–H groups in total. The van der Waals surface area contributed by atoms with E-state index in [2.05, 4.69) is 42.9 Å². The minimum atomic E-state index is 0.736. The van der Waals surface area contributed by atoms with Gasteiger partial charge < -0.3 is 18.9 Å². The predicted octanol–water partition coefficient (Wildman–Crippen LogP) is 5.09. The number of hydrogen-bond donors (Lipinski definition) is 0. The number of fused-ring (bicyclic) bond motifs is 1. The third kappa shape index (κ3) is 5.25. The Morgan fingerprint density at radius 3 is 2.30 bits per heavy atom. The summed E-state index contributed by atoms with van der Waals surface area (Å²) < 4.78 is 15.1. The van der Waals surface area contributed by atoms with Gasteiger partial charge in [0.2, 0.25) is 0 Å². The molecule has 190 valence electrons. The molecule has 0 saturated heterocycles. The molecule has 37 heavy (non-hydrogen) atoms. The van der Waals surface area contributed by atoms with Gasteiger partial charge in [0.15, 0.2) is 0 Å². The van der Waals surface area contributed by atoms with E-state index in [9.17, 15) is 0 Å². The summed E-state index contributed by atoms with van der Waals surface area (Å²) in [5, 5.41) is 4.27. The quantitative estimate of drug-likeness (QED) is 0.280. The first-order valence-corrected chi connectivity index (χ1v) is 12.2. The third-order valence-corrected chi connectivity index (χ3v) is 6.36. The van der Waals surface area contributed by atoms with Crippen LogP contribution in [0.3, 0.4) is 0 Å². The van der Waals surface area contributed by atoms with E-state index in [0.717, 1.165) is 76.2 Å². The molecule has 2 aromatic carbocycles. The Labute approximate surface area is 216 Å². The molecule has 3 heterocycles. The number of imidazole rings is 1. The lowest BCUT2D eigenvalue weighted by Gasteiger charge is -2.26. The van der Waals surface area contributed by atoms with Crippen LogP contribution >= 0.6 is 0 Å². The van der Waals surface area contributed by atoms with E-state index in [-0.39, 0.29) is 0 Å². The van der Waals surface area contributed by atoms with Gasteiger partial charge in [-0.25, -0.2) is 9.97 Å². The summed E-state index contributed by atoms with van der Waals surface area (Å²) in [7, 11) is 5.22. The van der Waals surface area contributed by atoms with Crippen LogP contribution in [0.1, 0.15) is 17.9 Å². The van der Waals surface area contributed by atoms with Gasteiger partial charge in [-0.3, -0.25) is 9.67 Å². The van der Waals surface area contributed by atoms with Crippen molar-refractivity contribution in [3.8, 4) is 22.8 Å². The van der Waals surface area contributed by atoms with Crippen molar-refractivity contribution in [3.05, 3.63) is 72.7 Å². The SMILES string of the molecule is COc1cc(OC)cc(N(CCCn2cc(C)nc2C)c2ccc3ncc(-c4cnn(C)c4)nc3c2)c1. The van der Waals surface area contributed by atoms with E-state index in [1.165, 1.54) is 0 Å². The van der Waals surface area contributed by atoms with Crippen LogP contribution in [0.15, 0.2) is 61.2 Å². The van der Waals surface area contributed by atoms with E-state index in [4.69, 9.17) is 14.5 Å². The first-order valence-electron chi connectivity index (χ1n) is 12.2. The van der Waals surface area contributed by atoms with E-state index in [0.29, 0.717) is 0 Å². The Bertz CT molecular complexity index is 1520. The second-order valence-electron chi connectivity index (χ2n) is 9.03. The molecule has 0 aliphatic carbocycles. The molecule has 0 atom stereocenters. The lowest BCUT2D eigenvalue weighted by atomic mass is 10.1.